The van der Waals surface area contributed by atoms with Gasteiger partial charge in [-0.15, -0.1) is 0 Å². The summed E-state index contributed by atoms with van der Waals surface area (Å²) >= 11 is 0. The number of ether oxygens (including phenoxy) is 2. The van der Waals surface area contributed by atoms with E-state index in [0.29, 0.717) is 25.7 Å². The fourth-order valence-corrected chi connectivity index (χ4v) is 12.1. The predicted molar refractivity (Wildman–Crippen MR) is 290 cm³/mol. The molecule has 20 heteroatoms. The molecule has 0 radical (unpaired) electrons. The van der Waals surface area contributed by atoms with Crippen molar-refractivity contribution in [2.75, 3.05) is 0 Å². The zero-order valence-electron chi connectivity index (χ0n) is 45.7. The van der Waals surface area contributed by atoms with E-state index in [-0.39, 0.29) is 81.7 Å². The monoisotopic (exact) mass is 1150 g/mol. The van der Waals surface area contributed by atoms with Gasteiger partial charge in [-0.2, -0.15) is 16.8 Å². The average molecular weight is 1150 g/mol. The van der Waals surface area contributed by atoms with Crippen molar-refractivity contribution in [3.63, 3.8) is 0 Å². The standard InChI is InChI=1S/2C28H42O7S2.2Na/c2*1-2-3-4-5-6-7-8-9-10-11-12-13-14-16-19-24-22-23-26(36(29,30)31)27(28(24)37(32,33)34)35-25-20-17-15-18-21-25;;/h2*15,17-18,20-23H,2-14,16,19H2,1H3,(H,29,30,31)(H,32,33,34);;/q;;2*+1/p-2. The third-order valence-electron chi connectivity index (χ3n) is 12.9. The molecule has 2 N–H and O–H groups in total. The van der Waals surface area contributed by atoms with E-state index in [1.165, 1.54) is 165 Å². The summed E-state index contributed by atoms with van der Waals surface area (Å²) in [5.74, 6) is -1.03. The van der Waals surface area contributed by atoms with Crippen molar-refractivity contribution in [3.8, 4) is 23.0 Å². The summed E-state index contributed by atoms with van der Waals surface area (Å²) < 4.78 is 151. The van der Waals surface area contributed by atoms with E-state index in [1.807, 2.05) is 0 Å². The van der Waals surface area contributed by atoms with E-state index in [9.17, 15) is 51.9 Å². The van der Waals surface area contributed by atoms with Crippen molar-refractivity contribution in [1.82, 2.24) is 0 Å². The molecule has 0 aliphatic heterocycles. The van der Waals surface area contributed by atoms with E-state index in [0.717, 1.165) is 50.7 Å². The zero-order valence-corrected chi connectivity index (χ0v) is 53.0. The number of para-hydroxylation sites is 2. The van der Waals surface area contributed by atoms with Crippen molar-refractivity contribution in [2.45, 2.75) is 226 Å². The number of hydrogen-bond acceptors (Lipinski definition) is 12. The van der Waals surface area contributed by atoms with Crippen molar-refractivity contribution in [3.05, 3.63) is 96.1 Å². The summed E-state index contributed by atoms with van der Waals surface area (Å²) in [6, 6.07) is 20.5. The molecule has 4 aromatic rings. The van der Waals surface area contributed by atoms with E-state index in [2.05, 4.69) is 13.8 Å². The van der Waals surface area contributed by atoms with Gasteiger partial charge >= 0.3 is 59.1 Å². The Morgan fingerprint density at radius 3 is 0.816 bits per heavy atom. The molecule has 0 aromatic heterocycles. The molecule has 0 heterocycles. The van der Waals surface area contributed by atoms with Crippen molar-refractivity contribution in [2.24, 2.45) is 0 Å². The largest absolute Gasteiger partial charge is 1.00 e. The van der Waals surface area contributed by atoms with Gasteiger partial charge in [-0.05, 0) is 73.2 Å². The van der Waals surface area contributed by atoms with Crippen LogP contribution in [0, 0.1) is 0 Å². The smallest absolute Gasteiger partial charge is 0.744 e. The van der Waals surface area contributed by atoms with Gasteiger partial charge in [-0.1, -0.05) is 229 Å². The van der Waals surface area contributed by atoms with Gasteiger partial charge in [0.15, 0.2) is 11.5 Å². The first-order valence-corrected chi connectivity index (χ1v) is 32.6. The minimum atomic E-state index is -5.05. The summed E-state index contributed by atoms with van der Waals surface area (Å²) in [6.45, 7) is 4.47. The summed E-state index contributed by atoms with van der Waals surface area (Å²) in [5.41, 5.74) is 0.444. The second-order valence-corrected chi connectivity index (χ2v) is 24.6. The molecule has 4 aromatic carbocycles. The Hall–Kier alpha value is -1.88. The molecule has 0 spiro atoms. The van der Waals surface area contributed by atoms with Gasteiger partial charge in [-0.25, -0.2) is 16.8 Å². The molecular formula is C56H82Na2O14S4. The minimum Gasteiger partial charge on any atom is -0.744 e. The number of rotatable bonds is 38. The van der Waals surface area contributed by atoms with Crippen molar-refractivity contribution >= 4 is 40.5 Å². The van der Waals surface area contributed by atoms with Gasteiger partial charge in [0, 0.05) is 0 Å². The van der Waals surface area contributed by atoms with Gasteiger partial charge in [0.25, 0.3) is 20.2 Å². The first kappa shape index (κ1) is 72.1. The SMILES string of the molecule is CCCCCCCCCCCCCCCCc1ccc(S(=O)(=O)[O-])c(Oc2ccccc2)c1S(=O)(=O)O.CCCCCCCCCCCCCCCCc1ccc(S(=O)(=O)[O-])c(Oc2ccccc2)c1S(=O)(=O)O.[Na+].[Na+]. The molecule has 0 amide bonds. The molecule has 0 unspecified atom stereocenters. The maximum Gasteiger partial charge on any atom is 1.00 e. The van der Waals surface area contributed by atoms with Crippen LogP contribution in [0.4, 0.5) is 0 Å². The third-order valence-corrected chi connectivity index (χ3v) is 16.5. The van der Waals surface area contributed by atoms with Crippen molar-refractivity contribution < 1.29 is 120 Å². The van der Waals surface area contributed by atoms with Gasteiger partial charge in [0.05, 0.1) is 9.79 Å². The number of hydrogen-bond donors (Lipinski definition) is 2. The van der Waals surface area contributed by atoms with Crippen LogP contribution in [-0.4, -0.2) is 51.9 Å². The van der Waals surface area contributed by atoms with E-state index >= 15 is 0 Å². The number of unbranched alkanes of at least 4 members (excludes halogenated alkanes) is 26. The molecule has 0 aliphatic rings. The van der Waals surface area contributed by atoms with Crippen LogP contribution in [0.1, 0.15) is 205 Å². The van der Waals surface area contributed by atoms with Gasteiger partial charge in [-0.3, -0.25) is 9.11 Å². The van der Waals surface area contributed by atoms with Crippen LogP contribution in [0.2, 0.25) is 0 Å². The molecule has 0 atom stereocenters. The van der Waals surface area contributed by atoms with Crippen LogP contribution in [0.25, 0.3) is 0 Å². The predicted octanol–water partition coefficient (Wildman–Crippen LogP) is 9.32. The Kier molecular flexibility index (Phi) is 37.5. The minimum absolute atomic E-state index is 0. The first-order chi connectivity index (χ1) is 35.3. The van der Waals surface area contributed by atoms with Gasteiger partial charge in [0.2, 0.25) is 0 Å². The Balaban J connectivity index is 0.000000741. The quantitative estimate of drug-likeness (QED) is 0.0241. The molecule has 0 saturated carbocycles. The fraction of sp³-hybridized carbons (Fsp3) is 0.571. The third kappa shape index (κ3) is 29.0. The van der Waals surface area contributed by atoms with Gasteiger partial charge in [0.1, 0.15) is 41.5 Å². The summed E-state index contributed by atoms with van der Waals surface area (Å²) in [5, 5.41) is 0. The molecule has 14 nitrogen and oxygen atoms in total. The van der Waals surface area contributed by atoms with E-state index in [4.69, 9.17) is 9.47 Å². The molecule has 0 aliphatic carbocycles. The van der Waals surface area contributed by atoms with Crippen molar-refractivity contribution in [1.29, 1.82) is 0 Å². The topological polar surface area (TPSA) is 242 Å². The van der Waals surface area contributed by atoms with Crippen LogP contribution in [0.15, 0.2) is 105 Å². The van der Waals surface area contributed by atoms with Gasteiger partial charge < -0.3 is 18.6 Å². The molecular weight excluding hydrogens is 1070 g/mol. The maximum absolute atomic E-state index is 12.3. The Bertz CT molecular complexity index is 2490. The van der Waals surface area contributed by atoms with Crippen LogP contribution < -0.4 is 68.6 Å². The maximum atomic E-state index is 12.3. The molecule has 4 rings (SSSR count). The fourth-order valence-electron chi connectivity index (χ4n) is 8.95. The van der Waals surface area contributed by atoms with Crippen LogP contribution in [0.5, 0.6) is 23.0 Å². The summed E-state index contributed by atoms with van der Waals surface area (Å²) in [6.07, 6.45) is 33.8. The normalized spacial score (nSPS) is 11.8. The molecule has 76 heavy (non-hydrogen) atoms. The molecule has 416 valence electrons. The number of aryl methyl sites for hydroxylation is 2. The summed E-state index contributed by atoms with van der Waals surface area (Å²) in [7, 11) is -19.8. The Morgan fingerprint density at radius 2 is 0.592 bits per heavy atom. The summed E-state index contributed by atoms with van der Waals surface area (Å²) in [4.78, 5) is -2.98. The van der Waals surface area contributed by atoms with E-state index < -0.39 is 71.6 Å². The average Bonchev–Trinajstić information content (AvgIpc) is 3.33. The second kappa shape index (κ2) is 39.5. The molecule has 0 fully saturated rings. The van der Waals surface area contributed by atoms with Crippen LogP contribution >= 0.6 is 0 Å². The second-order valence-electron chi connectivity index (χ2n) is 19.1. The van der Waals surface area contributed by atoms with E-state index in [1.54, 1.807) is 36.4 Å². The zero-order chi connectivity index (χ0) is 54.3. The number of benzene rings is 4. The van der Waals surface area contributed by atoms with Crippen LogP contribution in [-0.2, 0) is 53.3 Å². The molecule has 0 bridgehead atoms. The Morgan fingerprint density at radius 1 is 0.355 bits per heavy atom. The molecule has 0 saturated heterocycles. The van der Waals surface area contributed by atoms with Crippen LogP contribution in [0.3, 0.4) is 0 Å². The first-order valence-electron chi connectivity index (χ1n) is 26.9. The Labute approximate surface area is 501 Å².